The second-order valence-electron chi connectivity index (χ2n) is 1.63. The van der Waals surface area contributed by atoms with Crippen molar-refractivity contribution in [3.05, 3.63) is 0 Å². The molecule has 0 heterocycles. The molecule has 0 amide bonds. The van der Waals surface area contributed by atoms with E-state index in [4.69, 9.17) is 0 Å². The molecule has 0 aliphatic carbocycles. The maximum Gasteiger partial charge on any atom is 1.00 e. The van der Waals surface area contributed by atoms with Crippen molar-refractivity contribution in [3.63, 3.8) is 0 Å². The van der Waals surface area contributed by atoms with Crippen LogP contribution in [0, 0.1) is 5.92 Å². The number of hydrogen-bond acceptors (Lipinski definition) is 2. The van der Waals surface area contributed by atoms with Gasteiger partial charge in [-0.25, -0.2) is 0 Å². The van der Waals surface area contributed by atoms with Crippen LogP contribution < -0.4 is 24.0 Å². The Bertz CT molecular complexity index is 72.8. The van der Waals surface area contributed by atoms with Crippen LogP contribution in [0.4, 0.5) is 0 Å². The second-order valence-corrected chi connectivity index (χ2v) is 1.63. The molecule has 0 bridgehead atoms. The summed E-state index contributed by atoms with van der Waals surface area (Å²) in [5.74, 6) is -1.25. The monoisotopic (exact) mass is 108 g/mol. The number of carbonyl (C=O) groups is 1. The zero-order valence-corrected chi connectivity index (χ0v) is 5.60. The van der Waals surface area contributed by atoms with E-state index < -0.39 is 5.97 Å². The van der Waals surface area contributed by atoms with Crippen LogP contribution in [0.15, 0.2) is 0 Å². The molecule has 0 aromatic heterocycles. The van der Waals surface area contributed by atoms with Crippen molar-refractivity contribution in [2.45, 2.75) is 20.3 Å². The second kappa shape index (κ2) is 5.21. The van der Waals surface area contributed by atoms with E-state index in [9.17, 15) is 9.90 Å². The fraction of sp³-hybridized carbons (Fsp3) is 0.800. The maximum atomic E-state index is 9.82. The molecule has 42 valence electrons. The van der Waals surface area contributed by atoms with Crippen LogP contribution in [0.3, 0.4) is 0 Å². The van der Waals surface area contributed by atoms with Gasteiger partial charge >= 0.3 is 18.9 Å². The summed E-state index contributed by atoms with van der Waals surface area (Å²) in [6, 6.07) is 0. The van der Waals surface area contributed by atoms with Gasteiger partial charge in [0.15, 0.2) is 0 Å². The summed E-state index contributed by atoms with van der Waals surface area (Å²) < 4.78 is 0. The van der Waals surface area contributed by atoms with E-state index in [0.29, 0.717) is 6.42 Å². The molecule has 3 heteroatoms. The van der Waals surface area contributed by atoms with Crippen LogP contribution in [0.25, 0.3) is 0 Å². The largest absolute Gasteiger partial charge is 1.00 e. The predicted octanol–water partition coefficient (Wildman–Crippen LogP) is -3.21. The Morgan fingerprint density at radius 2 is 2.12 bits per heavy atom. The third-order valence-corrected chi connectivity index (χ3v) is 1.01. The molecule has 0 aliphatic heterocycles. The van der Waals surface area contributed by atoms with Gasteiger partial charge in [0.05, 0.1) is 0 Å². The van der Waals surface area contributed by atoms with Crippen LogP contribution in [0.1, 0.15) is 20.3 Å². The predicted molar refractivity (Wildman–Crippen MR) is 24.5 cm³/mol. The van der Waals surface area contributed by atoms with Gasteiger partial charge in [-0.05, 0) is 12.3 Å². The molecule has 0 saturated carbocycles. The molecule has 1 atom stereocenters. The van der Waals surface area contributed by atoms with Gasteiger partial charge in [-0.15, -0.1) is 0 Å². The first-order valence-corrected chi connectivity index (χ1v) is 2.39. The zero-order chi connectivity index (χ0) is 5.86. The summed E-state index contributed by atoms with van der Waals surface area (Å²) in [4.78, 5) is 9.82. The smallest absolute Gasteiger partial charge is 0.550 e. The normalized spacial score (nSPS) is 11.8. The van der Waals surface area contributed by atoms with Crippen molar-refractivity contribution in [2.24, 2.45) is 5.92 Å². The average Bonchev–Trinajstić information content (AvgIpc) is 1.65. The fourth-order valence-electron chi connectivity index (χ4n) is 0.167. The Morgan fingerprint density at radius 3 is 2.12 bits per heavy atom. The molecule has 0 aromatic rings. The van der Waals surface area contributed by atoms with Gasteiger partial charge in [-0.2, -0.15) is 0 Å². The minimum atomic E-state index is -0.956. The molecule has 1 unspecified atom stereocenters. The third kappa shape index (κ3) is 4.23. The Hall–Kier alpha value is 0.0674. The van der Waals surface area contributed by atoms with Gasteiger partial charge in [-0.3, -0.25) is 0 Å². The number of carboxylic acids is 1. The standard InChI is InChI=1S/C5H10O2.Li/c1-3-4(2)5(6)7;/h4H,3H2,1-2H3,(H,6,7);/q;+1/p-1. The van der Waals surface area contributed by atoms with E-state index in [-0.39, 0.29) is 24.8 Å². The summed E-state index contributed by atoms with van der Waals surface area (Å²) in [6.07, 6.45) is 0.655. The first-order chi connectivity index (χ1) is 3.18. The first-order valence-electron chi connectivity index (χ1n) is 2.39. The quantitative estimate of drug-likeness (QED) is 0.349. The summed E-state index contributed by atoms with van der Waals surface area (Å²) >= 11 is 0. The summed E-state index contributed by atoms with van der Waals surface area (Å²) in [5, 5.41) is 9.82. The van der Waals surface area contributed by atoms with Crippen molar-refractivity contribution in [1.29, 1.82) is 0 Å². The van der Waals surface area contributed by atoms with Crippen LogP contribution in [0.2, 0.25) is 0 Å². The Kier molecular flexibility index (Phi) is 7.13. The summed E-state index contributed by atoms with van der Waals surface area (Å²) in [7, 11) is 0. The first kappa shape index (κ1) is 10.9. The molecule has 0 spiro atoms. The van der Waals surface area contributed by atoms with E-state index in [1.165, 1.54) is 0 Å². The average molecular weight is 108 g/mol. The van der Waals surface area contributed by atoms with Crippen molar-refractivity contribution < 1.29 is 28.8 Å². The Balaban J connectivity index is 0. The zero-order valence-electron chi connectivity index (χ0n) is 5.60. The number of hydrogen-bond donors (Lipinski definition) is 0. The van der Waals surface area contributed by atoms with Crippen LogP contribution in [-0.2, 0) is 4.79 Å². The SMILES string of the molecule is CCC(C)C(=O)[O-].[Li+]. The number of rotatable bonds is 2. The Labute approximate surface area is 61.5 Å². The molecule has 0 aromatic carbocycles. The van der Waals surface area contributed by atoms with Gasteiger partial charge < -0.3 is 9.90 Å². The molecule has 2 nitrogen and oxygen atoms in total. The number of carboxylic acid groups (broad SMARTS) is 1. The van der Waals surface area contributed by atoms with Gasteiger partial charge in [0.25, 0.3) is 0 Å². The van der Waals surface area contributed by atoms with Gasteiger partial charge in [0.2, 0.25) is 0 Å². The van der Waals surface area contributed by atoms with Crippen molar-refractivity contribution >= 4 is 5.97 Å². The topological polar surface area (TPSA) is 40.1 Å². The van der Waals surface area contributed by atoms with Crippen LogP contribution >= 0.6 is 0 Å². The summed E-state index contributed by atoms with van der Waals surface area (Å²) in [6.45, 7) is 3.45. The number of carbonyl (C=O) groups excluding carboxylic acids is 1. The Morgan fingerprint density at radius 1 is 1.75 bits per heavy atom. The van der Waals surface area contributed by atoms with E-state index >= 15 is 0 Å². The van der Waals surface area contributed by atoms with Crippen LogP contribution in [0.5, 0.6) is 0 Å². The van der Waals surface area contributed by atoms with Crippen molar-refractivity contribution in [2.75, 3.05) is 0 Å². The van der Waals surface area contributed by atoms with Crippen molar-refractivity contribution in [3.8, 4) is 0 Å². The molecule has 0 saturated heterocycles. The molecule has 0 radical (unpaired) electrons. The molecular formula is C5H9LiO2. The minimum Gasteiger partial charge on any atom is -0.550 e. The fourth-order valence-corrected chi connectivity index (χ4v) is 0.167. The maximum absolute atomic E-state index is 9.82. The number of aliphatic carboxylic acids is 1. The van der Waals surface area contributed by atoms with Crippen LogP contribution in [-0.4, -0.2) is 5.97 Å². The van der Waals surface area contributed by atoms with E-state index in [0.717, 1.165) is 0 Å². The molecule has 0 rings (SSSR count). The molecule has 8 heavy (non-hydrogen) atoms. The van der Waals surface area contributed by atoms with Gasteiger partial charge in [0, 0.05) is 5.97 Å². The summed E-state index contributed by atoms with van der Waals surface area (Å²) in [5.41, 5.74) is 0. The van der Waals surface area contributed by atoms with E-state index in [1.54, 1.807) is 6.92 Å². The molecule has 0 aliphatic rings. The van der Waals surface area contributed by atoms with Gasteiger partial charge in [0.1, 0.15) is 0 Å². The van der Waals surface area contributed by atoms with Gasteiger partial charge in [-0.1, -0.05) is 13.8 Å². The molecule has 0 fully saturated rings. The molecule has 0 N–H and O–H groups in total. The third-order valence-electron chi connectivity index (χ3n) is 1.01. The van der Waals surface area contributed by atoms with E-state index in [2.05, 4.69) is 0 Å². The molecular weight excluding hydrogens is 99.0 g/mol. The van der Waals surface area contributed by atoms with Crippen molar-refractivity contribution in [1.82, 2.24) is 0 Å². The van der Waals surface area contributed by atoms with E-state index in [1.807, 2.05) is 6.92 Å². The minimum absolute atomic E-state index is 0.